The van der Waals surface area contributed by atoms with Crippen LogP contribution in [0.5, 0.6) is 5.75 Å². The molecule has 0 spiro atoms. The molecule has 1 saturated carbocycles. The van der Waals surface area contributed by atoms with Crippen molar-refractivity contribution in [3.8, 4) is 11.8 Å². The van der Waals surface area contributed by atoms with Gasteiger partial charge in [-0.3, -0.25) is 5.32 Å². The third-order valence-corrected chi connectivity index (χ3v) is 3.87. The molecule has 0 aliphatic heterocycles. The van der Waals surface area contributed by atoms with E-state index in [1.54, 1.807) is 0 Å². The lowest BCUT2D eigenvalue weighted by molar-refractivity contribution is 0.191. The minimum atomic E-state index is -0.553. The molecule has 1 aromatic rings. The first-order valence-corrected chi connectivity index (χ1v) is 7.36. The summed E-state index contributed by atoms with van der Waals surface area (Å²) in [5.74, 6) is 1.33. The van der Waals surface area contributed by atoms with E-state index in [0.29, 0.717) is 12.5 Å². The molecule has 2 rings (SSSR count). The number of nitrogens with one attached hydrogen (secondary N) is 1. The molecule has 20 heavy (non-hydrogen) atoms. The molecular weight excluding hydrogens is 248 g/mol. The molecule has 108 valence electrons. The fraction of sp³-hybridized carbons (Fsp3) is 0.588. The van der Waals surface area contributed by atoms with E-state index in [-0.39, 0.29) is 6.04 Å². The van der Waals surface area contributed by atoms with Gasteiger partial charge in [0.15, 0.2) is 0 Å². The molecule has 0 saturated heterocycles. The molecule has 0 bridgehead atoms. The number of nitrogens with zero attached hydrogens (tertiary/aromatic N) is 1. The van der Waals surface area contributed by atoms with Crippen molar-refractivity contribution < 1.29 is 4.74 Å². The van der Waals surface area contributed by atoms with Gasteiger partial charge >= 0.3 is 0 Å². The maximum absolute atomic E-state index is 9.66. The molecular formula is C17H24N2O. The molecule has 0 radical (unpaired) electrons. The Hall–Kier alpha value is -1.53. The van der Waals surface area contributed by atoms with Gasteiger partial charge < -0.3 is 4.74 Å². The van der Waals surface area contributed by atoms with E-state index in [1.807, 2.05) is 32.0 Å². The number of nitriles is 1. The van der Waals surface area contributed by atoms with Crippen molar-refractivity contribution >= 4 is 0 Å². The molecule has 1 atom stereocenters. The standard InChI is InChI=1S/C17H24N2O/c1-12(2)19-17(10-18,15-8-9-15)11-20-16-13(3)6-5-7-14(16)4/h5-7,12,15,19H,8-9,11H2,1-4H3. The molecule has 1 fully saturated rings. The molecule has 0 heterocycles. The Morgan fingerprint density at radius 2 is 1.95 bits per heavy atom. The first-order valence-electron chi connectivity index (χ1n) is 7.36. The third-order valence-electron chi connectivity index (χ3n) is 3.87. The summed E-state index contributed by atoms with van der Waals surface area (Å²) in [5, 5.41) is 13.1. The highest BCUT2D eigenvalue weighted by molar-refractivity contribution is 5.40. The van der Waals surface area contributed by atoms with Crippen molar-refractivity contribution in [2.45, 2.75) is 52.1 Å². The lowest BCUT2D eigenvalue weighted by Crippen LogP contribution is -2.53. The molecule has 0 amide bonds. The summed E-state index contributed by atoms with van der Waals surface area (Å²) in [7, 11) is 0. The van der Waals surface area contributed by atoms with Crippen LogP contribution in [0, 0.1) is 31.1 Å². The van der Waals surface area contributed by atoms with E-state index in [9.17, 15) is 5.26 Å². The van der Waals surface area contributed by atoms with Gasteiger partial charge in [0.25, 0.3) is 0 Å². The second-order valence-corrected chi connectivity index (χ2v) is 6.17. The smallest absolute Gasteiger partial charge is 0.144 e. The molecule has 3 nitrogen and oxygen atoms in total. The summed E-state index contributed by atoms with van der Waals surface area (Å²) in [4.78, 5) is 0. The normalized spacial score (nSPS) is 17.6. The van der Waals surface area contributed by atoms with Crippen molar-refractivity contribution in [3.05, 3.63) is 29.3 Å². The second kappa shape index (κ2) is 5.85. The van der Waals surface area contributed by atoms with Crippen LogP contribution in [0.25, 0.3) is 0 Å². The summed E-state index contributed by atoms with van der Waals surface area (Å²) in [6.45, 7) is 8.66. The van der Waals surface area contributed by atoms with Gasteiger partial charge in [-0.2, -0.15) is 5.26 Å². The van der Waals surface area contributed by atoms with E-state index in [1.165, 1.54) is 0 Å². The quantitative estimate of drug-likeness (QED) is 0.863. The van der Waals surface area contributed by atoms with Crippen LogP contribution in [-0.2, 0) is 0 Å². The van der Waals surface area contributed by atoms with Crippen molar-refractivity contribution in [2.75, 3.05) is 6.61 Å². The van der Waals surface area contributed by atoms with Crippen molar-refractivity contribution in [1.82, 2.24) is 5.32 Å². The maximum atomic E-state index is 9.66. The number of benzene rings is 1. The van der Waals surface area contributed by atoms with Crippen LogP contribution < -0.4 is 10.1 Å². The zero-order valence-corrected chi connectivity index (χ0v) is 12.9. The Labute approximate surface area is 121 Å². The van der Waals surface area contributed by atoms with Crippen LogP contribution in [0.1, 0.15) is 37.8 Å². The Bertz CT molecular complexity index is 494. The SMILES string of the molecule is Cc1cccc(C)c1OCC(C#N)(NC(C)C)C1CC1. The van der Waals surface area contributed by atoms with E-state index >= 15 is 0 Å². The van der Waals surface area contributed by atoms with Crippen LogP contribution >= 0.6 is 0 Å². The molecule has 1 aromatic carbocycles. The summed E-state index contributed by atoms with van der Waals surface area (Å²) < 4.78 is 6.04. The number of hydrogen-bond donors (Lipinski definition) is 1. The van der Waals surface area contributed by atoms with Gasteiger partial charge in [-0.15, -0.1) is 0 Å². The Kier molecular flexibility index (Phi) is 4.35. The predicted molar refractivity (Wildman–Crippen MR) is 80.8 cm³/mol. The zero-order valence-electron chi connectivity index (χ0n) is 12.9. The second-order valence-electron chi connectivity index (χ2n) is 6.17. The first kappa shape index (κ1) is 14.9. The summed E-state index contributed by atoms with van der Waals surface area (Å²) in [6.07, 6.45) is 2.23. The van der Waals surface area contributed by atoms with Gasteiger partial charge in [0.1, 0.15) is 17.9 Å². The van der Waals surface area contributed by atoms with Crippen LogP contribution in [-0.4, -0.2) is 18.2 Å². The minimum absolute atomic E-state index is 0.275. The predicted octanol–water partition coefficient (Wildman–Crippen LogP) is 3.35. The van der Waals surface area contributed by atoms with Crippen molar-refractivity contribution in [1.29, 1.82) is 5.26 Å². The summed E-state index contributed by atoms with van der Waals surface area (Å²) in [6, 6.07) is 8.88. The molecule has 1 unspecified atom stereocenters. The van der Waals surface area contributed by atoms with E-state index < -0.39 is 5.54 Å². The number of rotatable bonds is 6. The fourth-order valence-corrected chi connectivity index (χ4v) is 2.74. The highest BCUT2D eigenvalue weighted by Gasteiger charge is 2.47. The Balaban J connectivity index is 2.15. The van der Waals surface area contributed by atoms with Crippen LogP contribution in [0.15, 0.2) is 18.2 Å². The average Bonchev–Trinajstić information content (AvgIpc) is 3.20. The average molecular weight is 272 g/mol. The highest BCUT2D eigenvalue weighted by Crippen LogP contribution is 2.40. The lowest BCUT2D eigenvalue weighted by Gasteiger charge is -2.30. The van der Waals surface area contributed by atoms with Crippen molar-refractivity contribution in [2.24, 2.45) is 5.92 Å². The van der Waals surface area contributed by atoms with Gasteiger partial charge in [0.2, 0.25) is 0 Å². The van der Waals surface area contributed by atoms with Gasteiger partial charge in [-0.25, -0.2) is 0 Å². The third kappa shape index (κ3) is 3.13. The van der Waals surface area contributed by atoms with Crippen LogP contribution in [0.2, 0.25) is 0 Å². The fourth-order valence-electron chi connectivity index (χ4n) is 2.74. The Morgan fingerprint density at radius 1 is 1.35 bits per heavy atom. The van der Waals surface area contributed by atoms with Gasteiger partial charge in [0.05, 0.1) is 6.07 Å². The number of aryl methyl sites for hydroxylation is 2. The first-order chi connectivity index (χ1) is 9.48. The monoisotopic (exact) mass is 272 g/mol. The highest BCUT2D eigenvalue weighted by atomic mass is 16.5. The number of ether oxygens (including phenoxy) is 1. The van der Waals surface area contributed by atoms with Crippen LogP contribution in [0.3, 0.4) is 0 Å². The van der Waals surface area contributed by atoms with E-state index in [0.717, 1.165) is 29.7 Å². The molecule has 1 aliphatic rings. The number of para-hydroxylation sites is 1. The van der Waals surface area contributed by atoms with Gasteiger partial charge in [-0.05, 0) is 57.6 Å². The minimum Gasteiger partial charge on any atom is -0.490 e. The molecule has 1 N–H and O–H groups in total. The molecule has 1 aliphatic carbocycles. The van der Waals surface area contributed by atoms with E-state index in [2.05, 4.69) is 25.2 Å². The maximum Gasteiger partial charge on any atom is 0.144 e. The van der Waals surface area contributed by atoms with Gasteiger partial charge in [-0.1, -0.05) is 18.2 Å². The topological polar surface area (TPSA) is 45.0 Å². The number of hydrogen-bond acceptors (Lipinski definition) is 3. The summed E-state index contributed by atoms with van der Waals surface area (Å²) >= 11 is 0. The van der Waals surface area contributed by atoms with Gasteiger partial charge in [0, 0.05) is 6.04 Å². The summed E-state index contributed by atoms with van der Waals surface area (Å²) in [5.41, 5.74) is 1.69. The Morgan fingerprint density at radius 3 is 2.40 bits per heavy atom. The van der Waals surface area contributed by atoms with E-state index in [4.69, 9.17) is 4.74 Å². The largest absolute Gasteiger partial charge is 0.490 e. The lowest BCUT2D eigenvalue weighted by atomic mass is 9.95. The van der Waals surface area contributed by atoms with Crippen molar-refractivity contribution in [3.63, 3.8) is 0 Å². The van der Waals surface area contributed by atoms with Crippen LogP contribution in [0.4, 0.5) is 0 Å². The zero-order chi connectivity index (χ0) is 14.8. The molecule has 0 aromatic heterocycles. The molecule has 3 heteroatoms.